The van der Waals surface area contributed by atoms with Crippen molar-refractivity contribution in [3.63, 3.8) is 0 Å². The number of hydrogen-bond donors (Lipinski definition) is 1. The van der Waals surface area contributed by atoms with Gasteiger partial charge in [-0.25, -0.2) is 0 Å². The van der Waals surface area contributed by atoms with E-state index in [1.807, 2.05) is 12.3 Å². The highest BCUT2D eigenvalue weighted by Crippen LogP contribution is 2.15. The van der Waals surface area contributed by atoms with Crippen LogP contribution in [0.5, 0.6) is 0 Å². The van der Waals surface area contributed by atoms with Crippen LogP contribution in [0.4, 0.5) is 0 Å². The fourth-order valence-corrected chi connectivity index (χ4v) is 2.57. The third-order valence-corrected chi connectivity index (χ3v) is 3.57. The summed E-state index contributed by atoms with van der Waals surface area (Å²) in [5.41, 5.74) is 1.18. The van der Waals surface area contributed by atoms with Gasteiger partial charge in [0.1, 0.15) is 0 Å². The SMILES string of the molecule is CCN1CCCC1CNCCc1ccccn1. The van der Waals surface area contributed by atoms with Crippen LogP contribution in [-0.2, 0) is 6.42 Å². The molecule has 1 unspecified atom stereocenters. The second-order valence-electron chi connectivity index (χ2n) is 4.70. The Labute approximate surface area is 104 Å². The summed E-state index contributed by atoms with van der Waals surface area (Å²) in [5, 5.41) is 3.56. The Kier molecular flexibility index (Phi) is 4.95. The average molecular weight is 233 g/mol. The van der Waals surface area contributed by atoms with Crippen LogP contribution >= 0.6 is 0 Å². The Morgan fingerprint density at radius 2 is 2.41 bits per heavy atom. The average Bonchev–Trinajstić information content (AvgIpc) is 2.83. The summed E-state index contributed by atoms with van der Waals surface area (Å²) in [4.78, 5) is 6.91. The molecule has 1 fully saturated rings. The van der Waals surface area contributed by atoms with Gasteiger partial charge in [-0.2, -0.15) is 0 Å². The van der Waals surface area contributed by atoms with Gasteiger partial charge in [0.25, 0.3) is 0 Å². The lowest BCUT2D eigenvalue weighted by atomic mass is 10.2. The molecule has 0 saturated carbocycles. The first-order chi connectivity index (χ1) is 8.40. The Morgan fingerprint density at radius 1 is 1.47 bits per heavy atom. The number of likely N-dealkylation sites (N-methyl/N-ethyl adjacent to an activating group) is 1. The molecule has 0 aromatic carbocycles. The molecule has 0 amide bonds. The van der Waals surface area contributed by atoms with Gasteiger partial charge >= 0.3 is 0 Å². The zero-order chi connectivity index (χ0) is 11.9. The van der Waals surface area contributed by atoms with Crippen LogP contribution in [0.2, 0.25) is 0 Å². The molecule has 17 heavy (non-hydrogen) atoms. The van der Waals surface area contributed by atoms with E-state index in [9.17, 15) is 0 Å². The lowest BCUT2D eigenvalue weighted by Gasteiger charge is -2.22. The van der Waals surface area contributed by atoms with E-state index < -0.39 is 0 Å². The molecule has 1 aromatic rings. The Morgan fingerprint density at radius 3 is 3.18 bits per heavy atom. The predicted molar refractivity (Wildman–Crippen MR) is 71.1 cm³/mol. The molecule has 2 rings (SSSR count). The van der Waals surface area contributed by atoms with E-state index >= 15 is 0 Å². The molecule has 0 spiro atoms. The molecule has 1 N–H and O–H groups in total. The van der Waals surface area contributed by atoms with Crippen LogP contribution in [0.25, 0.3) is 0 Å². The summed E-state index contributed by atoms with van der Waals surface area (Å²) in [6.07, 6.45) is 5.61. The van der Waals surface area contributed by atoms with Gasteiger partial charge < -0.3 is 5.32 Å². The summed E-state index contributed by atoms with van der Waals surface area (Å²) in [6, 6.07) is 6.87. The molecule has 1 aromatic heterocycles. The van der Waals surface area contributed by atoms with Crippen LogP contribution < -0.4 is 5.32 Å². The zero-order valence-corrected chi connectivity index (χ0v) is 10.7. The molecular formula is C14H23N3. The first kappa shape index (κ1) is 12.5. The summed E-state index contributed by atoms with van der Waals surface area (Å²) in [5.74, 6) is 0. The van der Waals surface area contributed by atoms with Crippen LogP contribution in [0.1, 0.15) is 25.5 Å². The van der Waals surface area contributed by atoms with Gasteiger partial charge in [0.15, 0.2) is 0 Å². The Hall–Kier alpha value is -0.930. The van der Waals surface area contributed by atoms with Gasteiger partial charge in [0, 0.05) is 37.4 Å². The normalized spacial score (nSPS) is 20.9. The third kappa shape index (κ3) is 3.79. The van der Waals surface area contributed by atoms with Crippen LogP contribution in [-0.4, -0.2) is 42.1 Å². The van der Waals surface area contributed by atoms with Crippen molar-refractivity contribution < 1.29 is 0 Å². The van der Waals surface area contributed by atoms with Crippen LogP contribution in [0.15, 0.2) is 24.4 Å². The molecule has 94 valence electrons. The maximum atomic E-state index is 4.33. The minimum Gasteiger partial charge on any atom is -0.315 e. The lowest BCUT2D eigenvalue weighted by Crippen LogP contribution is -2.38. The molecule has 1 saturated heterocycles. The van der Waals surface area contributed by atoms with Crippen molar-refractivity contribution in [1.82, 2.24) is 15.2 Å². The molecule has 0 bridgehead atoms. The summed E-state index contributed by atoms with van der Waals surface area (Å²) in [6.45, 7) is 6.88. The van der Waals surface area contributed by atoms with Gasteiger partial charge in [-0.1, -0.05) is 13.0 Å². The number of hydrogen-bond acceptors (Lipinski definition) is 3. The number of rotatable bonds is 6. The highest BCUT2D eigenvalue weighted by molar-refractivity contribution is 5.03. The number of likely N-dealkylation sites (tertiary alicyclic amines) is 1. The molecule has 1 aliphatic heterocycles. The minimum absolute atomic E-state index is 0.753. The number of nitrogens with one attached hydrogen (secondary N) is 1. The van der Waals surface area contributed by atoms with Crippen molar-refractivity contribution in [2.75, 3.05) is 26.2 Å². The lowest BCUT2D eigenvalue weighted by molar-refractivity contribution is 0.260. The van der Waals surface area contributed by atoms with Gasteiger partial charge in [0.2, 0.25) is 0 Å². The first-order valence-electron chi connectivity index (χ1n) is 6.75. The van der Waals surface area contributed by atoms with E-state index in [1.54, 1.807) is 0 Å². The molecule has 0 radical (unpaired) electrons. The van der Waals surface area contributed by atoms with Crippen molar-refractivity contribution in [3.05, 3.63) is 30.1 Å². The minimum atomic E-state index is 0.753. The van der Waals surface area contributed by atoms with Gasteiger partial charge in [0.05, 0.1) is 0 Å². The van der Waals surface area contributed by atoms with Gasteiger partial charge in [-0.15, -0.1) is 0 Å². The summed E-state index contributed by atoms with van der Waals surface area (Å²) in [7, 11) is 0. The van der Waals surface area contributed by atoms with E-state index in [0.29, 0.717) is 0 Å². The third-order valence-electron chi connectivity index (χ3n) is 3.57. The molecule has 0 aliphatic carbocycles. The zero-order valence-electron chi connectivity index (χ0n) is 10.7. The van der Waals surface area contributed by atoms with Crippen molar-refractivity contribution in [1.29, 1.82) is 0 Å². The quantitative estimate of drug-likeness (QED) is 0.758. The molecule has 1 aliphatic rings. The highest BCUT2D eigenvalue weighted by atomic mass is 15.2. The van der Waals surface area contributed by atoms with Crippen LogP contribution in [0, 0.1) is 0 Å². The van der Waals surface area contributed by atoms with Crippen molar-refractivity contribution in [2.45, 2.75) is 32.2 Å². The van der Waals surface area contributed by atoms with Crippen molar-refractivity contribution >= 4 is 0 Å². The van der Waals surface area contributed by atoms with E-state index in [4.69, 9.17) is 0 Å². The van der Waals surface area contributed by atoms with Gasteiger partial charge in [-0.05, 0) is 38.1 Å². The fraction of sp³-hybridized carbons (Fsp3) is 0.643. The number of aromatic nitrogens is 1. The largest absolute Gasteiger partial charge is 0.315 e. The monoisotopic (exact) mass is 233 g/mol. The van der Waals surface area contributed by atoms with E-state index in [1.165, 1.54) is 31.6 Å². The number of nitrogens with zero attached hydrogens (tertiary/aromatic N) is 2. The van der Waals surface area contributed by atoms with E-state index in [-0.39, 0.29) is 0 Å². The maximum absolute atomic E-state index is 4.33. The second-order valence-corrected chi connectivity index (χ2v) is 4.70. The number of pyridine rings is 1. The topological polar surface area (TPSA) is 28.2 Å². The summed E-state index contributed by atoms with van der Waals surface area (Å²) < 4.78 is 0. The maximum Gasteiger partial charge on any atom is 0.0416 e. The Bertz CT molecular complexity index is 313. The van der Waals surface area contributed by atoms with Crippen molar-refractivity contribution in [3.8, 4) is 0 Å². The first-order valence-corrected chi connectivity index (χ1v) is 6.75. The molecule has 1 atom stereocenters. The van der Waals surface area contributed by atoms with Crippen molar-refractivity contribution in [2.24, 2.45) is 0 Å². The fourth-order valence-electron chi connectivity index (χ4n) is 2.57. The van der Waals surface area contributed by atoms with E-state index in [0.717, 1.165) is 25.6 Å². The molecule has 3 nitrogen and oxygen atoms in total. The summed E-state index contributed by atoms with van der Waals surface area (Å²) >= 11 is 0. The molecule has 2 heterocycles. The predicted octanol–water partition coefficient (Wildman–Crippen LogP) is 1.70. The standard InChI is InChI=1S/C14H23N3/c1-2-17-11-5-7-14(17)12-15-10-8-13-6-3-4-9-16-13/h3-4,6,9,14-15H,2,5,7-8,10-12H2,1H3. The Balaban J connectivity index is 1.63. The highest BCUT2D eigenvalue weighted by Gasteiger charge is 2.21. The van der Waals surface area contributed by atoms with Gasteiger partial charge in [-0.3, -0.25) is 9.88 Å². The second kappa shape index (κ2) is 6.72. The van der Waals surface area contributed by atoms with E-state index in [2.05, 4.69) is 34.3 Å². The smallest absolute Gasteiger partial charge is 0.0416 e. The molecule has 3 heteroatoms. The van der Waals surface area contributed by atoms with Crippen LogP contribution in [0.3, 0.4) is 0 Å². The molecular weight excluding hydrogens is 210 g/mol.